The van der Waals surface area contributed by atoms with Crippen LogP contribution in [-0.4, -0.2) is 42.4 Å². The molecule has 1 aliphatic heterocycles. The molecule has 0 aromatic heterocycles. The molecule has 4 heteroatoms. The second kappa shape index (κ2) is 6.89. The fraction of sp³-hybridized carbons (Fsp3) is 0.600. The van der Waals surface area contributed by atoms with Crippen LogP contribution in [0, 0.1) is 0 Å². The van der Waals surface area contributed by atoms with Crippen LogP contribution in [0.15, 0.2) is 24.3 Å². The second-order valence-corrected chi connectivity index (χ2v) is 4.79. The van der Waals surface area contributed by atoms with Crippen LogP contribution in [0.1, 0.15) is 32.1 Å². The standard InChI is InChI=1S/C15H23NO3/c1-3-8-16-10-14(11-17)19-15(16)12-6-5-7-13(9-12)18-4-2/h5-7,9,14-15,17H,3-4,8,10-11H2,1-2H3. The number of aliphatic hydroxyl groups excluding tert-OH is 1. The van der Waals surface area contributed by atoms with E-state index in [1.165, 1.54) is 0 Å². The summed E-state index contributed by atoms with van der Waals surface area (Å²) >= 11 is 0. The first-order valence-electron chi connectivity index (χ1n) is 7.01. The van der Waals surface area contributed by atoms with Crippen LogP contribution in [-0.2, 0) is 4.74 Å². The van der Waals surface area contributed by atoms with Crippen molar-refractivity contribution in [2.45, 2.75) is 32.6 Å². The van der Waals surface area contributed by atoms with Crippen molar-refractivity contribution in [3.05, 3.63) is 29.8 Å². The molecule has 106 valence electrons. The zero-order valence-corrected chi connectivity index (χ0v) is 11.7. The third-order valence-electron chi connectivity index (χ3n) is 3.26. The molecule has 19 heavy (non-hydrogen) atoms. The number of ether oxygens (including phenoxy) is 2. The number of hydrogen-bond acceptors (Lipinski definition) is 4. The van der Waals surface area contributed by atoms with Crippen LogP contribution in [0.2, 0.25) is 0 Å². The molecule has 0 bridgehead atoms. The number of hydrogen-bond donors (Lipinski definition) is 1. The van der Waals surface area contributed by atoms with E-state index in [9.17, 15) is 5.11 Å². The smallest absolute Gasteiger partial charge is 0.137 e. The lowest BCUT2D eigenvalue weighted by Gasteiger charge is -2.22. The number of rotatable bonds is 6. The van der Waals surface area contributed by atoms with E-state index in [4.69, 9.17) is 9.47 Å². The molecule has 0 spiro atoms. The van der Waals surface area contributed by atoms with E-state index in [0.717, 1.165) is 30.8 Å². The van der Waals surface area contributed by atoms with Gasteiger partial charge in [-0.3, -0.25) is 4.90 Å². The number of aliphatic hydroxyl groups is 1. The quantitative estimate of drug-likeness (QED) is 0.856. The molecule has 2 unspecified atom stereocenters. The third kappa shape index (κ3) is 3.47. The van der Waals surface area contributed by atoms with Crippen LogP contribution in [0.25, 0.3) is 0 Å². The summed E-state index contributed by atoms with van der Waals surface area (Å²) in [4.78, 5) is 2.27. The van der Waals surface area contributed by atoms with Crippen LogP contribution >= 0.6 is 0 Å². The Morgan fingerprint density at radius 3 is 2.95 bits per heavy atom. The zero-order chi connectivity index (χ0) is 13.7. The summed E-state index contributed by atoms with van der Waals surface area (Å²) in [5.74, 6) is 0.868. The number of benzene rings is 1. The van der Waals surface area contributed by atoms with Gasteiger partial charge in [0.1, 0.15) is 12.0 Å². The molecule has 1 aromatic rings. The Morgan fingerprint density at radius 1 is 1.42 bits per heavy atom. The topological polar surface area (TPSA) is 41.9 Å². The van der Waals surface area contributed by atoms with Gasteiger partial charge in [0.25, 0.3) is 0 Å². The zero-order valence-electron chi connectivity index (χ0n) is 11.7. The van der Waals surface area contributed by atoms with Crippen LogP contribution in [0.5, 0.6) is 5.75 Å². The molecule has 0 amide bonds. The normalized spacial score (nSPS) is 23.7. The molecule has 1 aliphatic rings. The van der Waals surface area contributed by atoms with E-state index in [-0.39, 0.29) is 18.9 Å². The minimum Gasteiger partial charge on any atom is -0.494 e. The summed E-state index contributed by atoms with van der Waals surface area (Å²) in [6.07, 6.45) is 0.910. The van der Waals surface area contributed by atoms with Gasteiger partial charge in [-0.2, -0.15) is 0 Å². The van der Waals surface area contributed by atoms with Crippen molar-refractivity contribution >= 4 is 0 Å². The molecule has 0 aliphatic carbocycles. The maximum Gasteiger partial charge on any atom is 0.137 e. The molecule has 2 atom stereocenters. The van der Waals surface area contributed by atoms with E-state index in [1.807, 2.05) is 25.1 Å². The molecule has 1 heterocycles. The van der Waals surface area contributed by atoms with E-state index in [0.29, 0.717) is 6.61 Å². The molecule has 1 saturated heterocycles. The summed E-state index contributed by atoms with van der Waals surface area (Å²) in [5, 5.41) is 9.28. The monoisotopic (exact) mass is 265 g/mol. The Balaban J connectivity index is 2.15. The Morgan fingerprint density at radius 2 is 2.26 bits per heavy atom. The van der Waals surface area contributed by atoms with Gasteiger partial charge in [0.2, 0.25) is 0 Å². The van der Waals surface area contributed by atoms with E-state index in [1.54, 1.807) is 0 Å². The average molecular weight is 265 g/mol. The first-order chi connectivity index (χ1) is 9.28. The lowest BCUT2D eigenvalue weighted by Crippen LogP contribution is -2.26. The van der Waals surface area contributed by atoms with Gasteiger partial charge in [0.15, 0.2) is 0 Å². The fourth-order valence-corrected chi connectivity index (χ4v) is 2.48. The van der Waals surface area contributed by atoms with Crippen molar-refractivity contribution in [1.29, 1.82) is 0 Å². The summed E-state index contributed by atoms with van der Waals surface area (Å²) in [7, 11) is 0. The van der Waals surface area contributed by atoms with Crippen molar-refractivity contribution in [3.8, 4) is 5.75 Å². The van der Waals surface area contributed by atoms with Gasteiger partial charge in [-0.25, -0.2) is 0 Å². The molecule has 0 radical (unpaired) electrons. The Kier molecular flexibility index (Phi) is 5.19. The van der Waals surface area contributed by atoms with Crippen LogP contribution in [0.4, 0.5) is 0 Å². The Hall–Kier alpha value is -1.10. The summed E-state index contributed by atoms with van der Waals surface area (Å²) in [6.45, 7) is 6.62. The molecule has 1 aromatic carbocycles. The van der Waals surface area contributed by atoms with Crippen molar-refractivity contribution in [2.24, 2.45) is 0 Å². The van der Waals surface area contributed by atoms with Gasteiger partial charge < -0.3 is 14.6 Å². The fourth-order valence-electron chi connectivity index (χ4n) is 2.48. The maximum atomic E-state index is 9.28. The Labute approximate surface area is 114 Å². The van der Waals surface area contributed by atoms with Crippen LogP contribution in [0.3, 0.4) is 0 Å². The first-order valence-corrected chi connectivity index (χ1v) is 7.01. The predicted molar refractivity (Wildman–Crippen MR) is 74.2 cm³/mol. The highest BCUT2D eigenvalue weighted by Crippen LogP contribution is 2.31. The van der Waals surface area contributed by atoms with Crippen LogP contribution < -0.4 is 4.74 Å². The second-order valence-electron chi connectivity index (χ2n) is 4.79. The van der Waals surface area contributed by atoms with E-state index < -0.39 is 0 Å². The van der Waals surface area contributed by atoms with Gasteiger partial charge in [0, 0.05) is 13.1 Å². The van der Waals surface area contributed by atoms with Gasteiger partial charge in [-0.15, -0.1) is 0 Å². The van der Waals surface area contributed by atoms with Gasteiger partial charge in [-0.05, 0) is 31.0 Å². The van der Waals surface area contributed by atoms with E-state index >= 15 is 0 Å². The van der Waals surface area contributed by atoms with Gasteiger partial charge in [-0.1, -0.05) is 19.1 Å². The largest absolute Gasteiger partial charge is 0.494 e. The lowest BCUT2D eigenvalue weighted by atomic mass is 10.1. The van der Waals surface area contributed by atoms with Crippen molar-refractivity contribution in [2.75, 3.05) is 26.3 Å². The SMILES string of the molecule is CCCN1CC(CO)OC1c1cccc(OCC)c1. The Bertz CT molecular complexity index is 397. The molecule has 0 saturated carbocycles. The van der Waals surface area contributed by atoms with Crippen molar-refractivity contribution < 1.29 is 14.6 Å². The average Bonchev–Trinajstić information content (AvgIpc) is 2.83. The highest BCUT2D eigenvalue weighted by atomic mass is 16.5. The minimum atomic E-state index is -0.0905. The summed E-state index contributed by atoms with van der Waals surface area (Å²) in [5.41, 5.74) is 1.09. The highest BCUT2D eigenvalue weighted by Gasteiger charge is 2.32. The van der Waals surface area contributed by atoms with Crippen molar-refractivity contribution in [3.63, 3.8) is 0 Å². The predicted octanol–water partition coefficient (Wildman–Crippen LogP) is 2.19. The van der Waals surface area contributed by atoms with Crippen molar-refractivity contribution in [1.82, 2.24) is 4.90 Å². The summed E-state index contributed by atoms with van der Waals surface area (Å²) < 4.78 is 11.4. The molecular weight excluding hydrogens is 242 g/mol. The lowest BCUT2D eigenvalue weighted by molar-refractivity contribution is -0.0196. The molecular formula is C15H23NO3. The third-order valence-corrected chi connectivity index (χ3v) is 3.26. The molecule has 1 fully saturated rings. The van der Waals surface area contributed by atoms with Gasteiger partial charge >= 0.3 is 0 Å². The highest BCUT2D eigenvalue weighted by molar-refractivity contribution is 5.30. The minimum absolute atomic E-state index is 0.0713. The van der Waals surface area contributed by atoms with E-state index in [2.05, 4.69) is 17.9 Å². The van der Waals surface area contributed by atoms with Gasteiger partial charge in [0.05, 0.1) is 19.3 Å². The molecule has 1 N–H and O–H groups in total. The molecule has 2 rings (SSSR count). The number of nitrogens with zero attached hydrogens (tertiary/aromatic N) is 1. The summed E-state index contributed by atoms with van der Waals surface area (Å²) in [6, 6.07) is 8.02. The first kappa shape index (κ1) is 14.3. The maximum absolute atomic E-state index is 9.28. The molecule has 4 nitrogen and oxygen atoms in total.